The molecule has 1 aliphatic heterocycles. The Kier molecular flexibility index (Phi) is 6.00. The monoisotopic (exact) mass is 355 g/mol. The molecular formula is C21H25NO4. The predicted octanol–water partition coefficient (Wildman–Crippen LogP) is 3.84. The van der Waals surface area contributed by atoms with Gasteiger partial charge < -0.3 is 19.1 Å². The number of methoxy groups -OCH3 is 2. The maximum atomic E-state index is 12.8. The van der Waals surface area contributed by atoms with Crippen LogP contribution in [0.1, 0.15) is 30.9 Å². The summed E-state index contributed by atoms with van der Waals surface area (Å²) in [6, 6.07) is 15.4. The van der Waals surface area contributed by atoms with Gasteiger partial charge >= 0.3 is 0 Å². The molecule has 5 nitrogen and oxygen atoms in total. The van der Waals surface area contributed by atoms with Crippen LogP contribution >= 0.6 is 0 Å². The Morgan fingerprint density at radius 1 is 1.04 bits per heavy atom. The van der Waals surface area contributed by atoms with Crippen molar-refractivity contribution in [1.82, 2.24) is 4.90 Å². The second-order valence-corrected chi connectivity index (χ2v) is 6.31. The van der Waals surface area contributed by atoms with Crippen LogP contribution in [0.4, 0.5) is 0 Å². The van der Waals surface area contributed by atoms with Crippen molar-refractivity contribution in [2.75, 3.05) is 27.4 Å². The van der Waals surface area contributed by atoms with Crippen molar-refractivity contribution >= 4 is 5.91 Å². The van der Waals surface area contributed by atoms with Gasteiger partial charge in [-0.3, -0.25) is 4.79 Å². The van der Waals surface area contributed by atoms with E-state index in [2.05, 4.69) is 6.07 Å². The topological polar surface area (TPSA) is 48.0 Å². The fraction of sp³-hybridized carbons (Fsp3) is 0.381. The second-order valence-electron chi connectivity index (χ2n) is 6.31. The fourth-order valence-electron chi connectivity index (χ4n) is 3.39. The molecule has 0 aliphatic carbocycles. The summed E-state index contributed by atoms with van der Waals surface area (Å²) in [5, 5.41) is 0. The molecule has 1 aliphatic rings. The zero-order chi connectivity index (χ0) is 18.4. The van der Waals surface area contributed by atoms with E-state index >= 15 is 0 Å². The first kappa shape index (κ1) is 18.1. The van der Waals surface area contributed by atoms with Crippen molar-refractivity contribution in [2.45, 2.75) is 25.3 Å². The van der Waals surface area contributed by atoms with E-state index in [4.69, 9.17) is 14.2 Å². The number of benzene rings is 2. The third-order valence-electron chi connectivity index (χ3n) is 4.72. The molecule has 5 heteroatoms. The minimum atomic E-state index is -0.0107. The Labute approximate surface area is 154 Å². The molecule has 138 valence electrons. The highest BCUT2D eigenvalue weighted by atomic mass is 16.5. The van der Waals surface area contributed by atoms with Crippen LogP contribution in [0, 0.1) is 0 Å². The van der Waals surface area contributed by atoms with Gasteiger partial charge in [0.1, 0.15) is 5.75 Å². The molecule has 26 heavy (non-hydrogen) atoms. The van der Waals surface area contributed by atoms with Crippen LogP contribution in [0.15, 0.2) is 48.5 Å². The first-order valence-corrected chi connectivity index (χ1v) is 8.92. The number of para-hydroxylation sites is 2. The molecular weight excluding hydrogens is 330 g/mol. The van der Waals surface area contributed by atoms with Gasteiger partial charge in [-0.05, 0) is 49.1 Å². The lowest BCUT2D eigenvalue weighted by atomic mass is 9.95. The van der Waals surface area contributed by atoms with Crippen LogP contribution in [0.5, 0.6) is 17.2 Å². The van der Waals surface area contributed by atoms with Gasteiger partial charge in [0.2, 0.25) is 0 Å². The lowest BCUT2D eigenvalue weighted by Crippen LogP contribution is -2.41. The average molecular weight is 355 g/mol. The molecule has 1 fully saturated rings. The van der Waals surface area contributed by atoms with E-state index in [0.717, 1.165) is 37.1 Å². The van der Waals surface area contributed by atoms with Crippen molar-refractivity contribution in [1.29, 1.82) is 0 Å². The maximum Gasteiger partial charge on any atom is 0.261 e. The molecule has 0 bridgehead atoms. The molecule has 0 N–H and O–H groups in total. The number of likely N-dealkylation sites (tertiary alicyclic amines) is 1. The summed E-state index contributed by atoms with van der Waals surface area (Å²) in [6.07, 6.45) is 3.08. The number of carbonyl (C=O) groups excluding carboxylic acids is 1. The summed E-state index contributed by atoms with van der Waals surface area (Å²) in [6.45, 7) is 0.747. The molecule has 0 saturated carbocycles. The Morgan fingerprint density at radius 2 is 1.85 bits per heavy atom. The normalized spacial score (nSPS) is 16.8. The number of rotatable bonds is 6. The highest BCUT2D eigenvalue weighted by Crippen LogP contribution is 2.33. The number of hydrogen-bond donors (Lipinski definition) is 0. The Balaban J connectivity index is 1.71. The number of nitrogens with zero attached hydrogens (tertiary/aromatic N) is 1. The first-order chi connectivity index (χ1) is 12.7. The number of hydrogen-bond acceptors (Lipinski definition) is 4. The number of carbonyl (C=O) groups is 1. The third-order valence-corrected chi connectivity index (χ3v) is 4.72. The molecule has 0 aromatic heterocycles. The largest absolute Gasteiger partial charge is 0.497 e. The first-order valence-electron chi connectivity index (χ1n) is 8.92. The van der Waals surface area contributed by atoms with E-state index in [1.54, 1.807) is 14.2 Å². The zero-order valence-corrected chi connectivity index (χ0v) is 15.3. The van der Waals surface area contributed by atoms with Gasteiger partial charge in [-0.25, -0.2) is 0 Å². The predicted molar refractivity (Wildman–Crippen MR) is 99.8 cm³/mol. The summed E-state index contributed by atoms with van der Waals surface area (Å²) in [5.74, 6) is 2.01. The number of ether oxygens (including phenoxy) is 3. The molecule has 1 heterocycles. The van der Waals surface area contributed by atoms with Crippen LogP contribution in [0.25, 0.3) is 0 Å². The molecule has 1 saturated heterocycles. The van der Waals surface area contributed by atoms with Crippen molar-refractivity contribution in [2.24, 2.45) is 0 Å². The highest BCUT2D eigenvalue weighted by Gasteiger charge is 2.28. The van der Waals surface area contributed by atoms with Gasteiger partial charge in [-0.15, -0.1) is 0 Å². The minimum Gasteiger partial charge on any atom is -0.497 e. The van der Waals surface area contributed by atoms with Crippen molar-refractivity contribution in [3.05, 3.63) is 54.1 Å². The van der Waals surface area contributed by atoms with Gasteiger partial charge in [-0.2, -0.15) is 0 Å². The smallest absolute Gasteiger partial charge is 0.261 e. The van der Waals surface area contributed by atoms with Crippen LogP contribution in [0.2, 0.25) is 0 Å². The third kappa shape index (κ3) is 4.10. The van der Waals surface area contributed by atoms with Gasteiger partial charge in [0.05, 0.1) is 20.3 Å². The fourth-order valence-corrected chi connectivity index (χ4v) is 3.39. The quantitative estimate of drug-likeness (QED) is 0.790. The van der Waals surface area contributed by atoms with Crippen molar-refractivity contribution < 1.29 is 19.0 Å². The molecule has 2 aromatic rings. The average Bonchev–Trinajstić information content (AvgIpc) is 2.72. The van der Waals surface area contributed by atoms with E-state index in [9.17, 15) is 4.79 Å². The molecule has 0 radical (unpaired) electrons. The maximum absolute atomic E-state index is 12.8. The van der Waals surface area contributed by atoms with E-state index in [0.29, 0.717) is 11.5 Å². The van der Waals surface area contributed by atoms with Crippen LogP contribution in [0.3, 0.4) is 0 Å². The van der Waals surface area contributed by atoms with Crippen molar-refractivity contribution in [3.63, 3.8) is 0 Å². The molecule has 0 spiro atoms. The Bertz CT molecular complexity index is 746. The summed E-state index contributed by atoms with van der Waals surface area (Å²) in [7, 11) is 3.25. The van der Waals surface area contributed by atoms with E-state index in [1.807, 2.05) is 47.4 Å². The Morgan fingerprint density at radius 3 is 2.62 bits per heavy atom. The standard InChI is InChI=1S/C21H25NO4/c1-24-17-9-7-8-16(14-17)18-10-5-6-13-22(18)21(23)15-26-20-12-4-3-11-19(20)25-2/h3-4,7-9,11-12,14,18H,5-6,10,13,15H2,1-2H3/t18-/m1/s1. The molecule has 1 amide bonds. The summed E-state index contributed by atoms with van der Waals surface area (Å²) in [4.78, 5) is 14.8. The highest BCUT2D eigenvalue weighted by molar-refractivity contribution is 5.78. The molecule has 1 atom stereocenters. The van der Waals surface area contributed by atoms with Gasteiger partial charge in [0.25, 0.3) is 5.91 Å². The van der Waals surface area contributed by atoms with Crippen LogP contribution < -0.4 is 14.2 Å². The Hall–Kier alpha value is -2.69. The SMILES string of the molecule is COc1cccc([C@H]2CCCCN2C(=O)COc2ccccc2OC)c1. The van der Waals surface area contributed by atoms with Crippen molar-refractivity contribution in [3.8, 4) is 17.2 Å². The summed E-state index contributed by atoms with van der Waals surface area (Å²) in [5.41, 5.74) is 1.11. The zero-order valence-electron chi connectivity index (χ0n) is 15.3. The molecule has 3 rings (SSSR count). The summed E-state index contributed by atoms with van der Waals surface area (Å²) < 4.78 is 16.3. The van der Waals surface area contributed by atoms with Crippen LogP contribution in [-0.4, -0.2) is 38.2 Å². The van der Waals surface area contributed by atoms with E-state index < -0.39 is 0 Å². The van der Waals surface area contributed by atoms with Gasteiger partial charge in [-0.1, -0.05) is 24.3 Å². The van der Waals surface area contributed by atoms with E-state index in [-0.39, 0.29) is 18.6 Å². The van der Waals surface area contributed by atoms with E-state index in [1.165, 1.54) is 0 Å². The van der Waals surface area contributed by atoms with Gasteiger partial charge in [0, 0.05) is 6.54 Å². The molecule has 2 aromatic carbocycles. The molecule has 0 unspecified atom stereocenters. The number of piperidine rings is 1. The second kappa shape index (κ2) is 8.61. The minimum absolute atomic E-state index is 0.000835. The number of amides is 1. The van der Waals surface area contributed by atoms with Gasteiger partial charge in [0.15, 0.2) is 18.1 Å². The summed E-state index contributed by atoms with van der Waals surface area (Å²) >= 11 is 0. The van der Waals surface area contributed by atoms with Crippen LogP contribution in [-0.2, 0) is 4.79 Å². The lowest BCUT2D eigenvalue weighted by molar-refractivity contribution is -0.137. The lowest BCUT2D eigenvalue weighted by Gasteiger charge is -2.36.